The van der Waals surface area contributed by atoms with Gasteiger partial charge >= 0.3 is 0 Å². The van der Waals surface area contributed by atoms with Crippen LogP contribution in [-0.2, 0) is 29.5 Å². The van der Waals surface area contributed by atoms with Crippen LogP contribution in [0.25, 0.3) is 33.8 Å². The van der Waals surface area contributed by atoms with Gasteiger partial charge in [0, 0.05) is 39.7 Å². The molecule has 1 atom stereocenters. The first kappa shape index (κ1) is 29.8. The number of nitrogens with one attached hydrogen (secondary N) is 2. The number of anilines is 1. The molecule has 3 heterocycles. The summed E-state index contributed by atoms with van der Waals surface area (Å²) in [6.45, 7) is 4.89. The van der Waals surface area contributed by atoms with Crippen LogP contribution in [0.2, 0.25) is 0 Å². The number of halogens is 1. The molecule has 0 aliphatic carbocycles. The van der Waals surface area contributed by atoms with Gasteiger partial charge < -0.3 is 30.9 Å². The number of benzene rings is 4. The van der Waals surface area contributed by atoms with Crippen molar-refractivity contribution in [2.24, 2.45) is 0 Å². The average molecular weight is 671 g/mol. The lowest BCUT2D eigenvalue weighted by Gasteiger charge is -2.38. The number of likely N-dealkylation sites (N-methyl/N-ethyl adjacent to an activating group) is 1. The molecule has 0 saturated heterocycles. The SMILES string of the molecule is Cc1ccc(S(=O)(=O)Nc2ccccc2-c2nnc(-c3ccc(C[N+]4(C)CCc5[nH]c6ccccc6c5C4)cc3)o2)cc1.[Br-]. The van der Waals surface area contributed by atoms with Crippen LogP contribution in [0.15, 0.2) is 106 Å². The number of aromatic amines is 1. The molecule has 2 N–H and O–H groups in total. The van der Waals surface area contributed by atoms with Gasteiger partial charge in [0.05, 0.1) is 29.7 Å². The third-order valence-electron chi connectivity index (χ3n) is 8.27. The molecule has 10 heteroatoms. The van der Waals surface area contributed by atoms with Crippen LogP contribution < -0.4 is 21.7 Å². The number of hydrogen-bond donors (Lipinski definition) is 2. The van der Waals surface area contributed by atoms with Crippen molar-refractivity contribution in [1.82, 2.24) is 15.2 Å². The van der Waals surface area contributed by atoms with Gasteiger partial charge in [-0.25, -0.2) is 8.42 Å². The van der Waals surface area contributed by atoms with E-state index in [1.165, 1.54) is 27.7 Å². The lowest BCUT2D eigenvalue weighted by atomic mass is 10.0. The van der Waals surface area contributed by atoms with Crippen LogP contribution in [0.1, 0.15) is 22.4 Å². The summed E-state index contributed by atoms with van der Waals surface area (Å²) in [5.74, 6) is 0.613. The maximum atomic E-state index is 13.0. The summed E-state index contributed by atoms with van der Waals surface area (Å²) in [6, 6.07) is 30.5. The Morgan fingerprint density at radius 2 is 1.59 bits per heavy atom. The Bertz CT molecular complexity index is 2050. The van der Waals surface area contributed by atoms with Crippen molar-refractivity contribution < 1.29 is 34.3 Å². The lowest BCUT2D eigenvalue weighted by Crippen LogP contribution is -3.00. The van der Waals surface area contributed by atoms with E-state index in [4.69, 9.17) is 4.42 Å². The summed E-state index contributed by atoms with van der Waals surface area (Å²) in [5.41, 5.74) is 7.92. The fourth-order valence-electron chi connectivity index (χ4n) is 5.95. The molecule has 2 aromatic heterocycles. The van der Waals surface area contributed by atoms with Crippen molar-refractivity contribution in [1.29, 1.82) is 0 Å². The van der Waals surface area contributed by atoms with Gasteiger partial charge in [0.25, 0.3) is 10.0 Å². The van der Waals surface area contributed by atoms with Gasteiger partial charge in [0.15, 0.2) is 0 Å². The predicted molar refractivity (Wildman–Crippen MR) is 168 cm³/mol. The highest BCUT2D eigenvalue weighted by Gasteiger charge is 2.31. The summed E-state index contributed by atoms with van der Waals surface area (Å²) in [6.07, 6.45) is 1.03. The Morgan fingerprint density at radius 3 is 2.39 bits per heavy atom. The molecule has 8 nitrogen and oxygen atoms in total. The molecule has 6 aromatic rings. The Morgan fingerprint density at radius 1 is 0.886 bits per heavy atom. The molecule has 1 aliphatic rings. The fraction of sp³-hybridized carbons (Fsp3) is 0.176. The summed E-state index contributed by atoms with van der Waals surface area (Å²) in [5, 5.41) is 9.85. The van der Waals surface area contributed by atoms with E-state index in [2.05, 4.69) is 63.3 Å². The highest BCUT2D eigenvalue weighted by molar-refractivity contribution is 7.92. The molecule has 1 aliphatic heterocycles. The molecule has 4 aromatic carbocycles. The largest absolute Gasteiger partial charge is 1.00 e. The molecule has 0 amide bonds. The number of aryl methyl sites for hydroxylation is 1. The van der Waals surface area contributed by atoms with E-state index in [0.717, 1.165) is 41.7 Å². The van der Waals surface area contributed by atoms with E-state index in [0.29, 0.717) is 17.1 Å². The molecular weight excluding hydrogens is 638 g/mol. The zero-order valence-electron chi connectivity index (χ0n) is 24.4. The van der Waals surface area contributed by atoms with Gasteiger partial charge in [0.1, 0.15) is 13.1 Å². The number of quaternary nitrogens is 1. The van der Waals surface area contributed by atoms with Crippen molar-refractivity contribution >= 4 is 26.6 Å². The highest BCUT2D eigenvalue weighted by atomic mass is 79.9. The molecule has 44 heavy (non-hydrogen) atoms. The second kappa shape index (κ2) is 11.7. The van der Waals surface area contributed by atoms with E-state index in [1.54, 1.807) is 48.5 Å². The Balaban J connectivity index is 0.00000343. The van der Waals surface area contributed by atoms with E-state index < -0.39 is 10.0 Å². The maximum Gasteiger partial charge on any atom is 0.261 e. The third-order valence-corrected chi connectivity index (χ3v) is 9.65. The van der Waals surface area contributed by atoms with E-state index in [-0.39, 0.29) is 27.8 Å². The van der Waals surface area contributed by atoms with Gasteiger partial charge in [-0.15, -0.1) is 10.2 Å². The van der Waals surface area contributed by atoms with Crippen molar-refractivity contribution in [3.05, 3.63) is 119 Å². The van der Waals surface area contributed by atoms with E-state index >= 15 is 0 Å². The molecule has 0 spiro atoms. The maximum absolute atomic E-state index is 13.0. The summed E-state index contributed by atoms with van der Waals surface area (Å²) in [7, 11) is -1.47. The van der Waals surface area contributed by atoms with Crippen molar-refractivity contribution in [3.63, 3.8) is 0 Å². The number of nitrogens with zero attached hydrogens (tertiary/aromatic N) is 3. The number of para-hydroxylation sites is 2. The quantitative estimate of drug-likeness (QED) is 0.253. The van der Waals surface area contributed by atoms with Crippen LogP contribution in [0.4, 0.5) is 5.69 Å². The van der Waals surface area contributed by atoms with Crippen molar-refractivity contribution in [2.45, 2.75) is 31.3 Å². The molecule has 7 rings (SSSR count). The zero-order valence-corrected chi connectivity index (χ0v) is 26.8. The zero-order chi connectivity index (χ0) is 29.6. The molecule has 0 radical (unpaired) electrons. The number of aromatic nitrogens is 3. The highest BCUT2D eigenvalue weighted by Crippen LogP contribution is 2.33. The lowest BCUT2D eigenvalue weighted by molar-refractivity contribution is -0.937. The standard InChI is InChI=1S/C34H32N5O3S.BrH/c1-23-11-17-26(18-12-23)43(40,41)38-32-10-6-4-8-28(32)34-37-36-33(42-34)25-15-13-24(14-16-25)21-39(2)20-19-31-29(22-39)27-7-3-5-9-30(27)35-31;/h3-18,35,38H,19-22H2,1-2H3;1H/q+1;/p-1. The first-order chi connectivity index (χ1) is 20.8. The Kier molecular flexibility index (Phi) is 7.91. The topological polar surface area (TPSA) is 101 Å². The summed E-state index contributed by atoms with van der Waals surface area (Å²) >= 11 is 0. The monoisotopic (exact) mass is 669 g/mol. The van der Waals surface area contributed by atoms with Crippen molar-refractivity contribution in [2.75, 3.05) is 18.3 Å². The van der Waals surface area contributed by atoms with Crippen LogP contribution in [0.3, 0.4) is 0 Å². The van der Waals surface area contributed by atoms with Crippen LogP contribution >= 0.6 is 0 Å². The van der Waals surface area contributed by atoms with E-state index in [1.807, 2.05) is 19.1 Å². The van der Waals surface area contributed by atoms with Crippen molar-refractivity contribution in [3.8, 4) is 22.9 Å². The molecule has 0 fully saturated rings. The first-order valence-corrected chi connectivity index (χ1v) is 15.8. The van der Waals surface area contributed by atoms with E-state index in [9.17, 15) is 8.42 Å². The minimum atomic E-state index is -3.80. The second-order valence-electron chi connectivity index (χ2n) is 11.6. The normalized spacial score (nSPS) is 16.3. The minimum Gasteiger partial charge on any atom is -1.00 e. The minimum absolute atomic E-state index is 0. The Labute approximate surface area is 267 Å². The van der Waals surface area contributed by atoms with Gasteiger partial charge in [0.2, 0.25) is 11.8 Å². The number of fused-ring (bicyclic) bond motifs is 3. The van der Waals surface area contributed by atoms with Gasteiger partial charge in [-0.2, -0.15) is 0 Å². The second-order valence-corrected chi connectivity index (χ2v) is 13.3. The number of sulfonamides is 1. The predicted octanol–water partition coefficient (Wildman–Crippen LogP) is 3.70. The molecule has 0 bridgehead atoms. The summed E-state index contributed by atoms with van der Waals surface area (Å²) in [4.78, 5) is 3.80. The van der Waals surface area contributed by atoms with Crippen LogP contribution in [0.5, 0.6) is 0 Å². The molecule has 224 valence electrons. The Hall–Kier alpha value is -4.25. The third kappa shape index (κ3) is 5.80. The smallest absolute Gasteiger partial charge is 0.261 e. The fourth-order valence-corrected chi connectivity index (χ4v) is 7.03. The number of H-pyrrole nitrogens is 1. The van der Waals surface area contributed by atoms with Gasteiger partial charge in [-0.3, -0.25) is 4.72 Å². The summed E-state index contributed by atoms with van der Waals surface area (Å²) < 4.78 is 35.8. The van der Waals surface area contributed by atoms with Gasteiger partial charge in [-0.1, -0.05) is 60.2 Å². The van der Waals surface area contributed by atoms with Crippen LogP contribution in [0, 0.1) is 6.92 Å². The molecule has 0 saturated carbocycles. The number of rotatable bonds is 7. The molecule has 1 unspecified atom stereocenters. The van der Waals surface area contributed by atoms with Gasteiger partial charge in [-0.05, 0) is 49.4 Å². The number of hydrogen-bond acceptors (Lipinski definition) is 5. The van der Waals surface area contributed by atoms with Crippen LogP contribution in [-0.4, -0.2) is 41.7 Å². The average Bonchev–Trinajstić information content (AvgIpc) is 3.63. The first-order valence-electron chi connectivity index (χ1n) is 14.3. The molecular formula is C34H32BrN5O3S.